The number of nitrogens with two attached hydrogens (primary N) is 1. The van der Waals surface area contributed by atoms with E-state index in [-0.39, 0.29) is 37.3 Å². The zero-order chi connectivity index (χ0) is 31.3. The molecule has 1 aromatic heterocycles. The Morgan fingerprint density at radius 2 is 1.65 bits per heavy atom. The maximum atomic E-state index is 14.8. The van der Waals surface area contributed by atoms with E-state index in [1.807, 2.05) is 0 Å². The summed E-state index contributed by atoms with van der Waals surface area (Å²) in [5, 5.41) is 8.90. The fourth-order valence-corrected chi connectivity index (χ4v) is 4.85. The molecule has 0 radical (unpaired) electrons. The highest BCUT2D eigenvalue weighted by molar-refractivity contribution is 5.67. The predicted octanol–water partition coefficient (Wildman–Crippen LogP) is 5.14. The Bertz CT molecular complexity index is 1730. The van der Waals surface area contributed by atoms with Gasteiger partial charge in [-0.25, -0.2) is 9.18 Å². The Kier molecular flexibility index (Phi) is 9.50. The third-order valence-corrected chi connectivity index (χ3v) is 7.05. The Labute approximate surface area is 243 Å². The van der Waals surface area contributed by atoms with E-state index in [0.29, 0.717) is 16.9 Å². The van der Waals surface area contributed by atoms with Crippen LogP contribution in [0.5, 0.6) is 5.75 Å². The molecule has 0 spiro atoms. The lowest BCUT2D eigenvalue weighted by Gasteiger charge is -2.21. The minimum atomic E-state index is -4.88. The molecule has 226 valence electrons. The van der Waals surface area contributed by atoms with Crippen molar-refractivity contribution in [1.82, 2.24) is 9.13 Å². The summed E-state index contributed by atoms with van der Waals surface area (Å²) in [6.07, 6.45) is -5.07. The van der Waals surface area contributed by atoms with Crippen LogP contribution in [0, 0.1) is 12.7 Å². The van der Waals surface area contributed by atoms with Gasteiger partial charge in [0, 0.05) is 29.4 Å². The summed E-state index contributed by atoms with van der Waals surface area (Å²) in [7, 11) is 0. The number of aromatic nitrogens is 2. The molecule has 1 unspecified atom stereocenters. The van der Waals surface area contributed by atoms with Crippen molar-refractivity contribution in [3.05, 3.63) is 122 Å². The van der Waals surface area contributed by atoms with E-state index in [2.05, 4.69) is 0 Å². The lowest BCUT2D eigenvalue weighted by atomic mass is 10.0. The van der Waals surface area contributed by atoms with Gasteiger partial charge in [0.1, 0.15) is 11.6 Å². The topological polar surface area (TPSA) is 117 Å². The van der Waals surface area contributed by atoms with Gasteiger partial charge < -0.3 is 15.6 Å². The van der Waals surface area contributed by atoms with E-state index in [9.17, 15) is 31.9 Å². The smallest absolute Gasteiger partial charge is 0.416 e. The van der Waals surface area contributed by atoms with Crippen LogP contribution in [0.3, 0.4) is 0 Å². The van der Waals surface area contributed by atoms with Gasteiger partial charge in [-0.2, -0.15) is 13.2 Å². The van der Waals surface area contributed by atoms with Gasteiger partial charge in [0.05, 0.1) is 30.7 Å². The van der Waals surface area contributed by atoms with Crippen LogP contribution in [0.4, 0.5) is 17.6 Å². The van der Waals surface area contributed by atoms with Gasteiger partial charge in [-0.15, -0.1) is 0 Å². The van der Waals surface area contributed by atoms with Crippen LogP contribution in [-0.4, -0.2) is 26.8 Å². The summed E-state index contributed by atoms with van der Waals surface area (Å²) in [6, 6.07) is 16.8. The molecule has 0 fully saturated rings. The minimum Gasteiger partial charge on any atom is -0.493 e. The van der Waals surface area contributed by atoms with Crippen molar-refractivity contribution in [2.45, 2.75) is 45.1 Å². The lowest BCUT2D eigenvalue weighted by Crippen LogP contribution is -2.43. The molecule has 4 aromatic rings. The van der Waals surface area contributed by atoms with E-state index >= 15 is 0 Å². The molecule has 0 aliphatic heterocycles. The van der Waals surface area contributed by atoms with Crippen LogP contribution >= 0.6 is 0 Å². The molecule has 4 rings (SSSR count). The first-order valence-electron chi connectivity index (χ1n) is 13.3. The molecule has 0 saturated carbocycles. The molecule has 0 bridgehead atoms. The maximum Gasteiger partial charge on any atom is 0.416 e. The Hall–Kier alpha value is -4.71. The van der Waals surface area contributed by atoms with Gasteiger partial charge in [0.15, 0.2) is 0 Å². The van der Waals surface area contributed by atoms with Crippen molar-refractivity contribution in [1.29, 1.82) is 0 Å². The van der Waals surface area contributed by atoms with Crippen LogP contribution in [0.1, 0.15) is 41.3 Å². The number of nitrogens with zero attached hydrogens (tertiary/aromatic N) is 2. The number of hydrogen-bond acceptors (Lipinski definition) is 5. The van der Waals surface area contributed by atoms with Gasteiger partial charge in [0.2, 0.25) is 0 Å². The Morgan fingerprint density at radius 1 is 0.977 bits per heavy atom. The summed E-state index contributed by atoms with van der Waals surface area (Å²) in [5.74, 6) is -1.83. The van der Waals surface area contributed by atoms with Crippen LogP contribution in [0.2, 0.25) is 0 Å². The molecule has 1 atom stereocenters. The minimum absolute atomic E-state index is 0.0409. The molecule has 43 heavy (non-hydrogen) atoms. The molecule has 8 nitrogen and oxygen atoms in total. The van der Waals surface area contributed by atoms with Crippen molar-refractivity contribution in [3.8, 4) is 16.9 Å². The molecular formula is C31H29F4N3O5. The van der Waals surface area contributed by atoms with Crippen molar-refractivity contribution < 1.29 is 32.2 Å². The molecule has 3 aromatic carbocycles. The standard InChI is InChI=1S/C31H29F4N3O5/c1-19-28(20-8-3-2-4-9-20)29(41)37(16-14-25(36)21-10-5-6-13-26(21)43-17-15-27(39)40)30(42)38(19)18-22-23(31(33,34)35)11-7-12-24(22)32/h2-13,25H,14-18,36H2,1H3,(H,39,40). The first-order chi connectivity index (χ1) is 20.4. The van der Waals surface area contributed by atoms with Crippen molar-refractivity contribution >= 4 is 5.97 Å². The second kappa shape index (κ2) is 13.1. The van der Waals surface area contributed by atoms with E-state index in [4.69, 9.17) is 15.6 Å². The maximum absolute atomic E-state index is 14.8. The number of aliphatic carboxylic acids is 1. The number of ether oxygens (including phenoxy) is 1. The molecule has 0 aliphatic rings. The zero-order valence-electron chi connectivity index (χ0n) is 23.1. The average Bonchev–Trinajstić information content (AvgIpc) is 2.96. The lowest BCUT2D eigenvalue weighted by molar-refractivity contribution is -0.139. The third kappa shape index (κ3) is 7.03. The molecule has 0 aliphatic carbocycles. The van der Waals surface area contributed by atoms with Gasteiger partial charge in [0.25, 0.3) is 5.56 Å². The number of benzene rings is 3. The van der Waals surface area contributed by atoms with E-state index in [0.717, 1.165) is 27.3 Å². The van der Waals surface area contributed by atoms with Crippen molar-refractivity contribution in [3.63, 3.8) is 0 Å². The second-order valence-electron chi connectivity index (χ2n) is 9.84. The molecule has 0 saturated heterocycles. The van der Waals surface area contributed by atoms with Crippen LogP contribution in [0.25, 0.3) is 11.1 Å². The molecule has 0 amide bonds. The zero-order valence-corrected chi connectivity index (χ0v) is 23.1. The normalized spacial score (nSPS) is 12.2. The van der Waals surface area contributed by atoms with Crippen molar-refractivity contribution in [2.75, 3.05) is 6.61 Å². The summed E-state index contributed by atoms with van der Waals surface area (Å²) < 4.78 is 63.6. The quantitative estimate of drug-likeness (QED) is 0.231. The number of carboxylic acids is 1. The highest BCUT2D eigenvalue weighted by atomic mass is 19.4. The largest absolute Gasteiger partial charge is 0.493 e. The Morgan fingerprint density at radius 3 is 2.33 bits per heavy atom. The third-order valence-electron chi connectivity index (χ3n) is 7.05. The number of halogens is 4. The average molecular weight is 600 g/mol. The molecule has 3 N–H and O–H groups in total. The fourth-order valence-electron chi connectivity index (χ4n) is 4.85. The summed E-state index contributed by atoms with van der Waals surface area (Å²) in [6.45, 7) is 0.349. The number of carboxylic acid groups (broad SMARTS) is 1. The highest BCUT2D eigenvalue weighted by Crippen LogP contribution is 2.34. The first kappa shape index (κ1) is 31.2. The predicted molar refractivity (Wildman–Crippen MR) is 151 cm³/mol. The molecule has 1 heterocycles. The number of alkyl halides is 3. The second-order valence-corrected chi connectivity index (χ2v) is 9.84. The SMILES string of the molecule is Cc1c(-c2ccccc2)c(=O)n(CCC(N)c2ccccc2OCCC(=O)O)c(=O)n1Cc1c(F)cccc1C(F)(F)F. The summed E-state index contributed by atoms with van der Waals surface area (Å²) >= 11 is 0. The number of para-hydroxylation sites is 1. The van der Waals surface area contributed by atoms with Gasteiger partial charge >= 0.3 is 17.8 Å². The van der Waals surface area contributed by atoms with Crippen LogP contribution in [-0.2, 0) is 24.1 Å². The number of carbonyl (C=O) groups is 1. The van der Waals surface area contributed by atoms with Gasteiger partial charge in [-0.05, 0) is 37.1 Å². The van der Waals surface area contributed by atoms with E-state index in [1.54, 1.807) is 54.6 Å². The van der Waals surface area contributed by atoms with Gasteiger partial charge in [-0.1, -0.05) is 54.6 Å². The first-order valence-corrected chi connectivity index (χ1v) is 13.3. The molecule has 12 heteroatoms. The van der Waals surface area contributed by atoms with Crippen LogP contribution < -0.4 is 21.7 Å². The summed E-state index contributed by atoms with van der Waals surface area (Å²) in [5.41, 5.74) is 3.96. The number of rotatable bonds is 11. The highest BCUT2D eigenvalue weighted by Gasteiger charge is 2.35. The summed E-state index contributed by atoms with van der Waals surface area (Å²) in [4.78, 5) is 38.3. The fraction of sp³-hybridized carbons (Fsp3) is 0.258. The van der Waals surface area contributed by atoms with Crippen molar-refractivity contribution in [2.24, 2.45) is 5.73 Å². The molecular weight excluding hydrogens is 570 g/mol. The van der Waals surface area contributed by atoms with Crippen LogP contribution in [0.15, 0.2) is 82.4 Å². The van der Waals surface area contributed by atoms with Gasteiger partial charge in [-0.3, -0.25) is 18.7 Å². The number of hydrogen-bond donors (Lipinski definition) is 2. The van der Waals surface area contributed by atoms with E-state index in [1.165, 1.54) is 6.92 Å². The van der Waals surface area contributed by atoms with E-state index < -0.39 is 52.9 Å². The Balaban J connectivity index is 1.77. The monoisotopic (exact) mass is 599 g/mol.